The van der Waals surface area contributed by atoms with E-state index in [0.717, 1.165) is 5.57 Å². The maximum Gasteiger partial charge on any atom is 0.106 e. The fourth-order valence-corrected chi connectivity index (χ4v) is 1.17. The van der Waals surface area contributed by atoms with Crippen LogP contribution in [-0.2, 0) is 4.74 Å². The van der Waals surface area contributed by atoms with Crippen LogP contribution in [0.2, 0.25) is 0 Å². The zero-order valence-corrected chi connectivity index (χ0v) is 7.40. The first-order valence-corrected chi connectivity index (χ1v) is 4.01. The molecule has 0 aromatic rings. The van der Waals surface area contributed by atoms with Crippen LogP contribution in [0.3, 0.4) is 0 Å². The number of ether oxygens (including phenoxy) is 1. The Morgan fingerprint density at radius 2 is 2.33 bits per heavy atom. The lowest BCUT2D eigenvalue weighted by atomic mass is 10.0. The fraction of sp³-hybridized carbons (Fsp3) is 0.400. The molecule has 2 unspecified atom stereocenters. The number of allylic oxidation sites excluding steroid dienone is 4. The van der Waals surface area contributed by atoms with E-state index in [1.165, 1.54) is 0 Å². The van der Waals surface area contributed by atoms with Gasteiger partial charge in [0.15, 0.2) is 0 Å². The van der Waals surface area contributed by atoms with Gasteiger partial charge in [0.05, 0.1) is 0 Å². The molecule has 0 aromatic carbocycles. The highest BCUT2D eigenvalue weighted by molar-refractivity contribution is 5.35. The van der Waals surface area contributed by atoms with Crippen molar-refractivity contribution in [2.24, 2.45) is 0 Å². The van der Waals surface area contributed by atoms with Gasteiger partial charge in [-0.15, -0.1) is 0 Å². The predicted octanol–water partition coefficient (Wildman–Crippen LogP) is 1.43. The Hall–Kier alpha value is -0.860. The number of aliphatic hydroxyl groups is 1. The van der Waals surface area contributed by atoms with Gasteiger partial charge >= 0.3 is 0 Å². The Morgan fingerprint density at radius 1 is 1.58 bits per heavy atom. The molecular weight excluding hydrogens is 152 g/mol. The van der Waals surface area contributed by atoms with Crippen LogP contribution in [-0.4, -0.2) is 24.4 Å². The summed E-state index contributed by atoms with van der Waals surface area (Å²) in [5.41, 5.74) is 1.08. The Bertz CT molecular complexity index is 226. The molecule has 0 aromatic heterocycles. The summed E-state index contributed by atoms with van der Waals surface area (Å²) in [7, 11) is 1.59. The van der Waals surface area contributed by atoms with Gasteiger partial charge in [-0.1, -0.05) is 24.3 Å². The molecule has 2 atom stereocenters. The van der Waals surface area contributed by atoms with E-state index in [2.05, 4.69) is 0 Å². The van der Waals surface area contributed by atoms with Crippen molar-refractivity contribution in [1.82, 2.24) is 0 Å². The third-order valence-electron chi connectivity index (χ3n) is 1.81. The molecule has 1 rings (SSSR count). The van der Waals surface area contributed by atoms with Crippen LogP contribution in [0, 0.1) is 0 Å². The zero-order chi connectivity index (χ0) is 8.97. The Labute approximate surface area is 72.9 Å². The van der Waals surface area contributed by atoms with Crippen LogP contribution >= 0.6 is 0 Å². The van der Waals surface area contributed by atoms with E-state index in [0.29, 0.717) is 0 Å². The molecule has 0 bridgehead atoms. The monoisotopic (exact) mass is 166 g/mol. The second kappa shape index (κ2) is 4.24. The molecule has 0 fully saturated rings. The number of aliphatic hydroxyl groups excluding tert-OH is 1. The van der Waals surface area contributed by atoms with Crippen LogP contribution in [0.4, 0.5) is 0 Å². The van der Waals surface area contributed by atoms with Gasteiger partial charge in [-0.2, -0.15) is 0 Å². The predicted molar refractivity (Wildman–Crippen MR) is 48.8 cm³/mol. The lowest BCUT2D eigenvalue weighted by Gasteiger charge is -2.19. The van der Waals surface area contributed by atoms with Crippen molar-refractivity contribution in [3.63, 3.8) is 0 Å². The molecule has 0 saturated heterocycles. The van der Waals surface area contributed by atoms with Gasteiger partial charge in [0.25, 0.3) is 0 Å². The normalized spacial score (nSPS) is 29.4. The van der Waals surface area contributed by atoms with E-state index in [1.54, 1.807) is 13.2 Å². The first-order chi connectivity index (χ1) is 5.77. The molecule has 1 N–H and O–H groups in total. The van der Waals surface area contributed by atoms with Gasteiger partial charge in [-0.25, -0.2) is 0 Å². The highest BCUT2D eigenvalue weighted by atomic mass is 16.5. The number of rotatable bonds is 2. The molecule has 0 aliphatic heterocycles. The molecule has 1 aliphatic carbocycles. The number of hydrogen-bond donors (Lipinski definition) is 1. The summed E-state index contributed by atoms with van der Waals surface area (Å²) in [4.78, 5) is 0. The highest BCUT2D eigenvalue weighted by Crippen LogP contribution is 2.14. The summed E-state index contributed by atoms with van der Waals surface area (Å²) in [6.07, 6.45) is 8.76. The smallest absolute Gasteiger partial charge is 0.106 e. The Kier molecular flexibility index (Phi) is 3.26. The lowest BCUT2D eigenvalue weighted by molar-refractivity contribution is 0.0412. The minimum atomic E-state index is -0.510. The van der Waals surface area contributed by atoms with Crippen molar-refractivity contribution in [2.75, 3.05) is 7.11 Å². The van der Waals surface area contributed by atoms with E-state index in [4.69, 9.17) is 4.74 Å². The Balaban J connectivity index is 2.73. The summed E-state index contributed by atoms with van der Waals surface area (Å²) < 4.78 is 5.07. The van der Waals surface area contributed by atoms with Crippen molar-refractivity contribution in [1.29, 1.82) is 0 Å². The van der Waals surface area contributed by atoms with Gasteiger partial charge in [0, 0.05) is 7.11 Å². The van der Waals surface area contributed by atoms with Crippen LogP contribution in [0.25, 0.3) is 0 Å². The molecule has 0 amide bonds. The number of methoxy groups -OCH3 is 1. The molecule has 0 radical (unpaired) electrons. The molecule has 0 heterocycles. The van der Waals surface area contributed by atoms with Gasteiger partial charge < -0.3 is 9.84 Å². The molecule has 1 aliphatic rings. The molecule has 66 valence electrons. The first kappa shape index (κ1) is 9.23. The summed E-state index contributed by atoms with van der Waals surface area (Å²) >= 11 is 0. The molecular formula is C10H14O2. The first-order valence-electron chi connectivity index (χ1n) is 4.01. The van der Waals surface area contributed by atoms with Crippen molar-refractivity contribution in [3.05, 3.63) is 36.0 Å². The van der Waals surface area contributed by atoms with Crippen LogP contribution in [0.15, 0.2) is 36.0 Å². The molecule has 2 heteroatoms. The Morgan fingerprint density at radius 3 is 2.92 bits per heavy atom. The minimum Gasteiger partial charge on any atom is -0.386 e. The van der Waals surface area contributed by atoms with Crippen molar-refractivity contribution in [2.45, 2.75) is 19.1 Å². The topological polar surface area (TPSA) is 29.5 Å². The van der Waals surface area contributed by atoms with Crippen molar-refractivity contribution >= 4 is 0 Å². The van der Waals surface area contributed by atoms with Crippen molar-refractivity contribution < 1.29 is 9.84 Å². The summed E-state index contributed by atoms with van der Waals surface area (Å²) in [5.74, 6) is 0. The maximum absolute atomic E-state index is 9.37. The summed E-state index contributed by atoms with van der Waals surface area (Å²) in [6, 6.07) is 0. The standard InChI is InChI=1S/C10H14O2/c1-3-4-8-5-6-9(11)10(7-8)12-2/h3-7,9-11H,1-2H3. The number of hydrogen-bond acceptors (Lipinski definition) is 2. The van der Waals surface area contributed by atoms with Crippen LogP contribution in [0.5, 0.6) is 0 Å². The summed E-state index contributed by atoms with van der Waals surface area (Å²) in [5, 5.41) is 9.37. The van der Waals surface area contributed by atoms with E-state index >= 15 is 0 Å². The molecule has 12 heavy (non-hydrogen) atoms. The van der Waals surface area contributed by atoms with Crippen LogP contribution < -0.4 is 0 Å². The van der Waals surface area contributed by atoms with Gasteiger partial charge in [0.2, 0.25) is 0 Å². The SMILES string of the molecule is CC=CC1=CC(OC)C(O)C=C1. The minimum absolute atomic E-state index is 0.207. The van der Waals surface area contributed by atoms with Crippen LogP contribution in [0.1, 0.15) is 6.92 Å². The average Bonchev–Trinajstić information content (AvgIpc) is 2.09. The average molecular weight is 166 g/mol. The summed E-state index contributed by atoms with van der Waals surface area (Å²) in [6.45, 7) is 1.96. The highest BCUT2D eigenvalue weighted by Gasteiger charge is 2.16. The van der Waals surface area contributed by atoms with E-state index < -0.39 is 6.10 Å². The third kappa shape index (κ3) is 2.06. The van der Waals surface area contributed by atoms with E-state index in [1.807, 2.05) is 31.2 Å². The second-order valence-electron chi connectivity index (χ2n) is 2.72. The molecule has 0 saturated carbocycles. The van der Waals surface area contributed by atoms with Gasteiger partial charge in [-0.05, 0) is 18.6 Å². The lowest BCUT2D eigenvalue weighted by Crippen LogP contribution is -2.26. The van der Waals surface area contributed by atoms with Crippen molar-refractivity contribution in [3.8, 4) is 0 Å². The molecule has 2 nitrogen and oxygen atoms in total. The van der Waals surface area contributed by atoms with E-state index in [9.17, 15) is 5.11 Å². The second-order valence-corrected chi connectivity index (χ2v) is 2.72. The zero-order valence-electron chi connectivity index (χ0n) is 7.40. The quantitative estimate of drug-likeness (QED) is 0.672. The van der Waals surface area contributed by atoms with Gasteiger partial charge in [0.1, 0.15) is 12.2 Å². The fourth-order valence-electron chi connectivity index (χ4n) is 1.17. The third-order valence-corrected chi connectivity index (χ3v) is 1.81. The van der Waals surface area contributed by atoms with E-state index in [-0.39, 0.29) is 6.10 Å². The molecule has 0 spiro atoms. The van der Waals surface area contributed by atoms with Gasteiger partial charge in [-0.3, -0.25) is 0 Å². The maximum atomic E-state index is 9.37. The largest absolute Gasteiger partial charge is 0.386 e.